The van der Waals surface area contributed by atoms with Crippen molar-refractivity contribution in [2.45, 2.75) is 49.5 Å². The van der Waals surface area contributed by atoms with E-state index in [1.54, 1.807) is 28.6 Å². The maximum atomic E-state index is 12.4. The summed E-state index contributed by atoms with van der Waals surface area (Å²) in [6.45, 7) is 1.28. The average molecular weight is 295 g/mol. The molecule has 3 rings (SSSR count). The molecule has 0 aromatic heterocycles. The lowest BCUT2D eigenvalue weighted by atomic mass is 10.3. The summed E-state index contributed by atoms with van der Waals surface area (Å²) < 4.78 is 32.2. The molecule has 1 aliphatic heterocycles. The molecule has 0 radical (unpaired) electrons. The van der Waals surface area contributed by atoms with Gasteiger partial charge in [-0.25, -0.2) is 8.42 Å². The maximum Gasteiger partial charge on any atom is 0.243 e. The van der Waals surface area contributed by atoms with Crippen LogP contribution in [0.3, 0.4) is 0 Å². The van der Waals surface area contributed by atoms with E-state index in [4.69, 9.17) is 4.74 Å². The Morgan fingerprint density at radius 1 is 0.950 bits per heavy atom. The van der Waals surface area contributed by atoms with Crippen LogP contribution in [-0.4, -0.2) is 31.9 Å². The summed E-state index contributed by atoms with van der Waals surface area (Å²) in [5.41, 5.74) is 0. The highest BCUT2D eigenvalue weighted by Gasteiger charge is 2.27. The molecular weight excluding hydrogens is 274 g/mol. The van der Waals surface area contributed by atoms with Gasteiger partial charge in [0.05, 0.1) is 11.0 Å². The lowest BCUT2D eigenvalue weighted by Crippen LogP contribution is -2.27. The SMILES string of the molecule is O=S(=O)(c1ccc(OC2CCCC2)cc1)N1CCCC1. The van der Waals surface area contributed by atoms with Gasteiger partial charge in [0.25, 0.3) is 0 Å². The summed E-state index contributed by atoms with van der Waals surface area (Å²) in [7, 11) is -3.30. The summed E-state index contributed by atoms with van der Waals surface area (Å²) >= 11 is 0. The Hall–Kier alpha value is -1.07. The fraction of sp³-hybridized carbons (Fsp3) is 0.600. The zero-order valence-corrected chi connectivity index (χ0v) is 12.4. The molecule has 1 saturated heterocycles. The molecule has 0 amide bonds. The molecule has 1 saturated carbocycles. The van der Waals surface area contributed by atoms with Gasteiger partial charge >= 0.3 is 0 Å². The third-order valence-corrected chi connectivity index (χ3v) is 6.04. The summed E-state index contributed by atoms with van der Waals surface area (Å²) in [6, 6.07) is 6.89. The van der Waals surface area contributed by atoms with Gasteiger partial charge in [0, 0.05) is 13.1 Å². The first-order chi connectivity index (χ1) is 9.66. The Labute approximate surface area is 120 Å². The van der Waals surface area contributed by atoms with Crippen molar-refractivity contribution in [3.05, 3.63) is 24.3 Å². The molecule has 0 spiro atoms. The van der Waals surface area contributed by atoms with E-state index < -0.39 is 10.0 Å². The predicted molar refractivity (Wildman–Crippen MR) is 77.3 cm³/mol. The van der Waals surface area contributed by atoms with Crippen molar-refractivity contribution in [1.29, 1.82) is 0 Å². The van der Waals surface area contributed by atoms with Gasteiger partial charge in [0.1, 0.15) is 5.75 Å². The average Bonchev–Trinajstić information content (AvgIpc) is 3.12. The van der Waals surface area contributed by atoms with E-state index in [2.05, 4.69) is 0 Å². The van der Waals surface area contributed by atoms with Gasteiger partial charge in [-0.1, -0.05) is 0 Å². The first-order valence-electron chi connectivity index (χ1n) is 7.43. The highest BCUT2D eigenvalue weighted by atomic mass is 32.2. The molecule has 1 aliphatic carbocycles. The standard InChI is InChI=1S/C15H21NO3S/c17-20(18,16-11-3-4-12-16)15-9-7-14(8-10-15)19-13-5-1-2-6-13/h7-10,13H,1-6,11-12H2. The number of benzene rings is 1. The van der Waals surface area contributed by atoms with Gasteiger partial charge in [-0.2, -0.15) is 4.31 Å². The van der Waals surface area contributed by atoms with E-state index in [0.29, 0.717) is 24.1 Å². The Bertz CT molecular complexity index is 541. The van der Waals surface area contributed by atoms with Crippen LogP contribution in [0.2, 0.25) is 0 Å². The largest absolute Gasteiger partial charge is 0.490 e. The van der Waals surface area contributed by atoms with E-state index in [1.165, 1.54) is 12.8 Å². The van der Waals surface area contributed by atoms with Crippen LogP contribution in [0.4, 0.5) is 0 Å². The van der Waals surface area contributed by atoms with E-state index in [-0.39, 0.29) is 0 Å². The third kappa shape index (κ3) is 2.83. The molecule has 4 nitrogen and oxygen atoms in total. The zero-order chi connectivity index (χ0) is 14.0. The molecular formula is C15H21NO3S. The molecule has 1 heterocycles. The maximum absolute atomic E-state index is 12.4. The minimum absolute atomic E-state index is 0.302. The van der Waals surface area contributed by atoms with Crippen molar-refractivity contribution in [2.24, 2.45) is 0 Å². The van der Waals surface area contributed by atoms with Gasteiger partial charge < -0.3 is 4.74 Å². The number of hydrogen-bond donors (Lipinski definition) is 0. The quantitative estimate of drug-likeness (QED) is 0.858. The van der Waals surface area contributed by atoms with E-state index in [9.17, 15) is 8.42 Å². The Morgan fingerprint density at radius 2 is 1.55 bits per heavy atom. The molecule has 1 aromatic rings. The van der Waals surface area contributed by atoms with Crippen LogP contribution in [0.1, 0.15) is 38.5 Å². The van der Waals surface area contributed by atoms with Crippen LogP contribution in [0, 0.1) is 0 Å². The highest BCUT2D eigenvalue weighted by molar-refractivity contribution is 7.89. The van der Waals surface area contributed by atoms with Crippen LogP contribution in [0.15, 0.2) is 29.2 Å². The fourth-order valence-electron chi connectivity index (χ4n) is 2.97. The van der Waals surface area contributed by atoms with Gasteiger partial charge in [-0.3, -0.25) is 0 Å². The van der Waals surface area contributed by atoms with Crippen LogP contribution >= 0.6 is 0 Å². The van der Waals surface area contributed by atoms with Crippen molar-refractivity contribution in [1.82, 2.24) is 4.31 Å². The van der Waals surface area contributed by atoms with Crippen LogP contribution in [0.5, 0.6) is 5.75 Å². The van der Waals surface area contributed by atoms with Crippen molar-refractivity contribution < 1.29 is 13.2 Å². The summed E-state index contributed by atoms with van der Waals surface area (Å²) in [4.78, 5) is 0.373. The normalized spacial score (nSPS) is 21.4. The zero-order valence-electron chi connectivity index (χ0n) is 11.6. The Balaban J connectivity index is 1.71. The van der Waals surface area contributed by atoms with Crippen molar-refractivity contribution in [3.8, 4) is 5.75 Å². The number of ether oxygens (including phenoxy) is 1. The van der Waals surface area contributed by atoms with Crippen LogP contribution < -0.4 is 4.74 Å². The second kappa shape index (κ2) is 5.74. The van der Waals surface area contributed by atoms with Gasteiger partial charge in [-0.15, -0.1) is 0 Å². The van der Waals surface area contributed by atoms with Crippen LogP contribution in [0.25, 0.3) is 0 Å². The molecule has 110 valence electrons. The molecule has 0 N–H and O–H groups in total. The molecule has 2 fully saturated rings. The molecule has 0 unspecified atom stereocenters. The molecule has 1 aromatic carbocycles. The molecule has 5 heteroatoms. The van der Waals surface area contributed by atoms with Crippen molar-refractivity contribution >= 4 is 10.0 Å². The summed E-state index contributed by atoms with van der Waals surface area (Å²) in [6.07, 6.45) is 6.89. The highest BCUT2D eigenvalue weighted by Crippen LogP contribution is 2.26. The fourth-order valence-corrected chi connectivity index (χ4v) is 4.48. The Morgan fingerprint density at radius 3 is 2.15 bits per heavy atom. The molecule has 2 aliphatic rings. The van der Waals surface area contributed by atoms with E-state index in [0.717, 1.165) is 31.4 Å². The summed E-state index contributed by atoms with van der Waals surface area (Å²) in [5.74, 6) is 0.775. The van der Waals surface area contributed by atoms with Gasteiger partial charge in [0.15, 0.2) is 0 Å². The van der Waals surface area contributed by atoms with Crippen molar-refractivity contribution in [2.75, 3.05) is 13.1 Å². The van der Waals surface area contributed by atoms with E-state index in [1.807, 2.05) is 0 Å². The number of nitrogens with zero attached hydrogens (tertiary/aromatic N) is 1. The number of hydrogen-bond acceptors (Lipinski definition) is 3. The smallest absolute Gasteiger partial charge is 0.243 e. The minimum Gasteiger partial charge on any atom is -0.490 e. The first kappa shape index (κ1) is 13.9. The Kier molecular flexibility index (Phi) is 3.98. The number of sulfonamides is 1. The number of rotatable bonds is 4. The molecule has 0 bridgehead atoms. The van der Waals surface area contributed by atoms with Crippen molar-refractivity contribution in [3.63, 3.8) is 0 Å². The molecule has 0 atom stereocenters. The second-order valence-electron chi connectivity index (χ2n) is 5.61. The topological polar surface area (TPSA) is 46.6 Å². The summed E-state index contributed by atoms with van der Waals surface area (Å²) in [5, 5.41) is 0. The predicted octanol–water partition coefficient (Wildman–Crippen LogP) is 2.79. The van der Waals surface area contributed by atoms with Gasteiger partial charge in [-0.05, 0) is 62.8 Å². The second-order valence-corrected chi connectivity index (χ2v) is 7.54. The monoisotopic (exact) mass is 295 g/mol. The third-order valence-electron chi connectivity index (χ3n) is 4.13. The van der Waals surface area contributed by atoms with Gasteiger partial charge in [0.2, 0.25) is 10.0 Å². The minimum atomic E-state index is -3.30. The van der Waals surface area contributed by atoms with Crippen LogP contribution in [-0.2, 0) is 10.0 Å². The molecule has 20 heavy (non-hydrogen) atoms. The first-order valence-corrected chi connectivity index (χ1v) is 8.87. The lowest BCUT2D eigenvalue weighted by Gasteiger charge is -2.16. The van der Waals surface area contributed by atoms with E-state index >= 15 is 0 Å². The lowest BCUT2D eigenvalue weighted by molar-refractivity contribution is 0.210.